The van der Waals surface area contributed by atoms with E-state index < -0.39 is 17.5 Å². The molecule has 4 rings (SSSR count). The standard InChI is InChI=1S/C23H24N4O6/c1-23-11-10-20(29)27(23)16-7-5-4-6-15(16)22(31)26(23)13-19(28)24-25-21(30)14-8-9-17(32-2)18(12-14)33-3/h4-9,12H,10-11,13H2,1-3H3,(H,24,28)(H,25,30). The second-order valence-electron chi connectivity index (χ2n) is 7.93. The van der Waals surface area contributed by atoms with Crippen LogP contribution in [0.15, 0.2) is 42.5 Å². The van der Waals surface area contributed by atoms with Gasteiger partial charge >= 0.3 is 0 Å². The third-order valence-corrected chi connectivity index (χ3v) is 6.01. The number of nitrogens with zero attached hydrogens (tertiary/aromatic N) is 2. The van der Waals surface area contributed by atoms with E-state index in [1.54, 1.807) is 42.2 Å². The van der Waals surface area contributed by atoms with E-state index >= 15 is 0 Å². The summed E-state index contributed by atoms with van der Waals surface area (Å²) >= 11 is 0. The van der Waals surface area contributed by atoms with Crippen LogP contribution in [-0.4, -0.2) is 55.0 Å². The van der Waals surface area contributed by atoms with Crippen LogP contribution in [0.5, 0.6) is 11.5 Å². The summed E-state index contributed by atoms with van der Waals surface area (Å²) in [6, 6.07) is 11.4. The fraction of sp³-hybridized carbons (Fsp3) is 0.304. The number of ether oxygens (including phenoxy) is 2. The van der Waals surface area contributed by atoms with Gasteiger partial charge in [0.25, 0.3) is 17.7 Å². The molecule has 1 atom stereocenters. The van der Waals surface area contributed by atoms with Gasteiger partial charge in [-0.2, -0.15) is 0 Å². The van der Waals surface area contributed by atoms with Crippen molar-refractivity contribution in [2.24, 2.45) is 0 Å². The molecular formula is C23H24N4O6. The third kappa shape index (κ3) is 3.73. The first-order chi connectivity index (χ1) is 15.8. The highest BCUT2D eigenvalue weighted by atomic mass is 16.5. The number of para-hydroxylation sites is 1. The number of amides is 4. The number of hydrazine groups is 1. The van der Waals surface area contributed by atoms with Crippen molar-refractivity contribution in [2.75, 3.05) is 25.7 Å². The molecule has 0 aliphatic carbocycles. The van der Waals surface area contributed by atoms with Crippen molar-refractivity contribution in [3.8, 4) is 11.5 Å². The number of carbonyl (C=O) groups is 4. The van der Waals surface area contributed by atoms with Crippen LogP contribution in [-0.2, 0) is 9.59 Å². The summed E-state index contributed by atoms with van der Waals surface area (Å²) in [5.74, 6) is -0.788. The van der Waals surface area contributed by atoms with Gasteiger partial charge in [0.2, 0.25) is 5.91 Å². The maximum absolute atomic E-state index is 13.2. The highest BCUT2D eigenvalue weighted by Gasteiger charge is 2.53. The molecule has 0 spiro atoms. The molecule has 0 saturated carbocycles. The van der Waals surface area contributed by atoms with Crippen molar-refractivity contribution in [2.45, 2.75) is 25.4 Å². The Hall–Kier alpha value is -4.08. The number of anilines is 1. The number of nitrogens with one attached hydrogen (secondary N) is 2. The van der Waals surface area contributed by atoms with E-state index in [4.69, 9.17) is 9.47 Å². The first-order valence-corrected chi connectivity index (χ1v) is 10.4. The monoisotopic (exact) mass is 452 g/mol. The zero-order valence-corrected chi connectivity index (χ0v) is 18.5. The van der Waals surface area contributed by atoms with Crippen LogP contribution in [0, 0.1) is 0 Å². The number of benzene rings is 2. The van der Waals surface area contributed by atoms with Crippen molar-refractivity contribution in [1.29, 1.82) is 0 Å². The van der Waals surface area contributed by atoms with Crippen LogP contribution in [0.1, 0.15) is 40.5 Å². The van der Waals surface area contributed by atoms with Gasteiger partial charge in [0.05, 0.1) is 25.5 Å². The van der Waals surface area contributed by atoms with Gasteiger partial charge in [-0.05, 0) is 43.7 Å². The number of fused-ring (bicyclic) bond motifs is 3. The topological polar surface area (TPSA) is 117 Å². The summed E-state index contributed by atoms with van der Waals surface area (Å²) in [7, 11) is 2.93. The van der Waals surface area contributed by atoms with Crippen LogP contribution in [0.4, 0.5) is 5.69 Å². The Labute approximate surface area is 190 Å². The molecule has 1 saturated heterocycles. The van der Waals surface area contributed by atoms with E-state index in [0.717, 1.165) is 0 Å². The van der Waals surface area contributed by atoms with Gasteiger partial charge in [-0.1, -0.05) is 12.1 Å². The summed E-state index contributed by atoms with van der Waals surface area (Å²) in [5.41, 5.74) is 4.86. The highest BCUT2D eigenvalue weighted by molar-refractivity contribution is 6.11. The lowest BCUT2D eigenvalue weighted by molar-refractivity contribution is -0.124. The second kappa shape index (κ2) is 8.45. The first-order valence-electron chi connectivity index (χ1n) is 10.4. The number of methoxy groups -OCH3 is 2. The minimum Gasteiger partial charge on any atom is -0.493 e. The minimum atomic E-state index is -0.965. The van der Waals surface area contributed by atoms with Crippen LogP contribution in [0.2, 0.25) is 0 Å². The SMILES string of the molecule is COc1ccc(C(=O)NNC(=O)CN2C(=O)c3ccccc3N3C(=O)CCC23C)cc1OC. The summed E-state index contributed by atoms with van der Waals surface area (Å²) < 4.78 is 10.3. The summed E-state index contributed by atoms with van der Waals surface area (Å²) in [5, 5.41) is 0. The Morgan fingerprint density at radius 3 is 2.48 bits per heavy atom. The smallest absolute Gasteiger partial charge is 0.269 e. The van der Waals surface area contributed by atoms with Gasteiger partial charge in [0.1, 0.15) is 12.2 Å². The highest BCUT2D eigenvalue weighted by Crippen LogP contribution is 2.43. The molecule has 0 bridgehead atoms. The minimum absolute atomic E-state index is 0.107. The second-order valence-corrected chi connectivity index (χ2v) is 7.93. The maximum atomic E-state index is 13.2. The number of hydrogen-bond donors (Lipinski definition) is 2. The van der Waals surface area contributed by atoms with Crippen molar-refractivity contribution < 1.29 is 28.7 Å². The van der Waals surface area contributed by atoms with Crippen LogP contribution in [0.3, 0.4) is 0 Å². The van der Waals surface area contributed by atoms with Gasteiger partial charge in [-0.3, -0.25) is 34.9 Å². The van der Waals surface area contributed by atoms with Gasteiger partial charge in [-0.15, -0.1) is 0 Å². The lowest BCUT2D eigenvalue weighted by atomic mass is 9.98. The molecular weight excluding hydrogens is 428 g/mol. The normalized spacial score (nSPS) is 19.0. The molecule has 33 heavy (non-hydrogen) atoms. The van der Waals surface area contributed by atoms with Gasteiger partial charge < -0.3 is 14.4 Å². The molecule has 4 amide bonds. The molecule has 10 heteroatoms. The maximum Gasteiger partial charge on any atom is 0.269 e. The molecule has 2 aliphatic rings. The average Bonchev–Trinajstić information content (AvgIpc) is 3.14. The molecule has 2 aromatic carbocycles. The molecule has 2 aromatic rings. The van der Waals surface area contributed by atoms with Crippen molar-refractivity contribution in [3.05, 3.63) is 53.6 Å². The molecule has 0 aromatic heterocycles. The number of hydrogen-bond acceptors (Lipinski definition) is 6. The van der Waals surface area contributed by atoms with Crippen LogP contribution < -0.4 is 25.2 Å². The molecule has 172 valence electrons. The predicted octanol–water partition coefficient (Wildman–Crippen LogP) is 1.46. The van der Waals surface area contributed by atoms with Crippen LogP contribution >= 0.6 is 0 Å². The molecule has 1 unspecified atom stereocenters. The van der Waals surface area contributed by atoms with Crippen LogP contribution in [0.25, 0.3) is 0 Å². The zero-order chi connectivity index (χ0) is 23.8. The fourth-order valence-corrected chi connectivity index (χ4v) is 4.30. The zero-order valence-electron chi connectivity index (χ0n) is 18.5. The van der Waals surface area contributed by atoms with E-state index in [1.807, 2.05) is 0 Å². The Morgan fingerprint density at radius 2 is 1.76 bits per heavy atom. The van der Waals surface area contributed by atoms with Crippen molar-refractivity contribution in [3.63, 3.8) is 0 Å². The Bertz CT molecular complexity index is 1150. The van der Waals surface area contributed by atoms with E-state index in [2.05, 4.69) is 10.9 Å². The average molecular weight is 452 g/mol. The van der Waals surface area contributed by atoms with Gasteiger partial charge in [-0.25, -0.2) is 0 Å². The molecule has 10 nitrogen and oxygen atoms in total. The van der Waals surface area contributed by atoms with Crippen molar-refractivity contribution in [1.82, 2.24) is 15.8 Å². The van der Waals surface area contributed by atoms with Gasteiger partial charge in [0.15, 0.2) is 11.5 Å². The van der Waals surface area contributed by atoms with E-state index in [1.165, 1.54) is 31.3 Å². The Morgan fingerprint density at radius 1 is 1.03 bits per heavy atom. The predicted molar refractivity (Wildman–Crippen MR) is 118 cm³/mol. The van der Waals surface area contributed by atoms with E-state index in [9.17, 15) is 19.2 Å². The Kier molecular flexibility index (Phi) is 5.67. The lowest BCUT2D eigenvalue weighted by Gasteiger charge is -2.48. The largest absolute Gasteiger partial charge is 0.493 e. The number of carbonyl (C=O) groups excluding carboxylic acids is 4. The molecule has 0 radical (unpaired) electrons. The van der Waals surface area contributed by atoms with E-state index in [-0.39, 0.29) is 30.3 Å². The quantitative estimate of drug-likeness (QED) is 0.664. The fourth-order valence-electron chi connectivity index (χ4n) is 4.30. The molecule has 2 N–H and O–H groups in total. The van der Waals surface area contributed by atoms with E-state index in [0.29, 0.717) is 29.2 Å². The molecule has 2 heterocycles. The summed E-state index contributed by atoms with van der Waals surface area (Å²) in [6.45, 7) is 1.43. The number of rotatable bonds is 5. The van der Waals surface area contributed by atoms with Gasteiger partial charge in [0, 0.05) is 12.0 Å². The Balaban J connectivity index is 1.48. The summed E-state index contributed by atoms with van der Waals surface area (Å²) in [6.07, 6.45) is 0.670. The molecule has 2 aliphatic heterocycles. The lowest BCUT2D eigenvalue weighted by Crippen LogP contribution is -2.64. The molecule has 1 fully saturated rings. The summed E-state index contributed by atoms with van der Waals surface area (Å²) in [4.78, 5) is 53.9. The third-order valence-electron chi connectivity index (χ3n) is 6.01. The van der Waals surface area contributed by atoms with Crippen molar-refractivity contribution >= 4 is 29.3 Å². The first kappa shape index (κ1) is 22.1.